The molecular formula is C19H20O2Se2. The second-order valence-corrected chi connectivity index (χ2v) is 9.91. The molecule has 2 rings (SSSR count). The van der Waals surface area contributed by atoms with E-state index in [1.807, 2.05) is 25.1 Å². The van der Waals surface area contributed by atoms with Crippen LogP contribution >= 0.6 is 0 Å². The van der Waals surface area contributed by atoms with Crippen LogP contribution < -0.4 is 8.92 Å². The molecule has 23 heavy (non-hydrogen) atoms. The van der Waals surface area contributed by atoms with Crippen LogP contribution in [0.5, 0.6) is 0 Å². The van der Waals surface area contributed by atoms with Crippen LogP contribution in [0.2, 0.25) is 0 Å². The second kappa shape index (κ2) is 9.10. The summed E-state index contributed by atoms with van der Waals surface area (Å²) < 4.78 is 9.77. The first-order chi connectivity index (χ1) is 11.1. The molecule has 0 unspecified atom stereocenters. The van der Waals surface area contributed by atoms with Gasteiger partial charge in [-0.3, -0.25) is 0 Å². The molecule has 0 saturated carbocycles. The number of benzene rings is 2. The summed E-state index contributed by atoms with van der Waals surface area (Å²) in [7, 11) is 0. The number of aryl methyl sites for hydroxylation is 1. The van der Waals surface area contributed by atoms with E-state index >= 15 is 0 Å². The van der Waals surface area contributed by atoms with E-state index in [-0.39, 0.29) is 35.9 Å². The molecule has 2 aromatic rings. The van der Waals surface area contributed by atoms with Crippen LogP contribution in [0.4, 0.5) is 0 Å². The average molecular weight is 438 g/mol. The van der Waals surface area contributed by atoms with Crippen molar-refractivity contribution in [2.45, 2.75) is 20.8 Å². The van der Waals surface area contributed by atoms with Crippen molar-refractivity contribution in [3.05, 3.63) is 69.1 Å². The van der Waals surface area contributed by atoms with Crippen molar-refractivity contribution >= 4 is 44.8 Å². The van der Waals surface area contributed by atoms with Crippen molar-refractivity contribution in [1.82, 2.24) is 0 Å². The molecule has 4 heteroatoms. The fraction of sp³-hybridized carbons (Fsp3) is 0.211. The molecule has 0 aliphatic rings. The third kappa shape index (κ3) is 5.67. The Morgan fingerprint density at radius 2 is 1.57 bits per heavy atom. The molecule has 2 nitrogen and oxygen atoms in total. The molecule has 0 aromatic heterocycles. The summed E-state index contributed by atoms with van der Waals surface area (Å²) in [5.74, 6) is -0.164. The number of carbonyl (C=O) groups excluding carboxylic acids is 1. The molecule has 0 aliphatic carbocycles. The minimum atomic E-state index is -0.164. The number of hydrogen-bond donors (Lipinski definition) is 0. The van der Waals surface area contributed by atoms with E-state index in [1.54, 1.807) is 0 Å². The molecule has 0 fully saturated rings. The number of ether oxygens (including phenoxy) is 1. The van der Waals surface area contributed by atoms with Crippen LogP contribution in [0.15, 0.2) is 63.5 Å². The third-order valence-electron chi connectivity index (χ3n) is 3.04. The molecule has 0 aliphatic heterocycles. The minimum absolute atomic E-state index is 0.0238. The molecule has 0 amide bonds. The van der Waals surface area contributed by atoms with Crippen LogP contribution in [-0.4, -0.2) is 42.5 Å². The van der Waals surface area contributed by atoms with Crippen LogP contribution in [0.1, 0.15) is 19.4 Å². The van der Waals surface area contributed by atoms with E-state index in [2.05, 4.69) is 50.2 Å². The molecule has 120 valence electrons. The number of esters is 1. The van der Waals surface area contributed by atoms with E-state index in [9.17, 15) is 4.79 Å². The standard InChI is InChI=1S/C19H20O2Se2/c1-4-21-19(20)18(23-16-8-6-5-7-9-16)15(3)22-17-12-10-14(2)11-13-17/h5-13H,4H2,1-3H3/b18-15+. The van der Waals surface area contributed by atoms with Gasteiger partial charge < -0.3 is 0 Å². The monoisotopic (exact) mass is 440 g/mol. The maximum absolute atomic E-state index is 12.4. The molecular weight excluding hydrogens is 418 g/mol. The molecule has 0 heterocycles. The second-order valence-electron chi connectivity index (χ2n) is 4.94. The van der Waals surface area contributed by atoms with Crippen molar-refractivity contribution in [3.63, 3.8) is 0 Å². The van der Waals surface area contributed by atoms with Crippen molar-refractivity contribution in [2.24, 2.45) is 0 Å². The van der Waals surface area contributed by atoms with Gasteiger partial charge in [0.1, 0.15) is 0 Å². The van der Waals surface area contributed by atoms with E-state index in [0.717, 1.165) is 8.94 Å². The summed E-state index contributed by atoms with van der Waals surface area (Å²) in [5.41, 5.74) is 1.25. The number of allylic oxidation sites excluding steroid dienone is 1. The van der Waals surface area contributed by atoms with Crippen molar-refractivity contribution in [2.75, 3.05) is 6.61 Å². The van der Waals surface area contributed by atoms with Gasteiger partial charge in [0.05, 0.1) is 0 Å². The van der Waals surface area contributed by atoms with Crippen molar-refractivity contribution in [3.8, 4) is 0 Å². The maximum atomic E-state index is 12.4. The Balaban J connectivity index is 2.26. The van der Waals surface area contributed by atoms with Crippen molar-refractivity contribution in [1.29, 1.82) is 0 Å². The Kier molecular flexibility index (Phi) is 7.13. The predicted octanol–water partition coefficient (Wildman–Crippen LogP) is 2.15. The van der Waals surface area contributed by atoms with Crippen LogP contribution in [0.3, 0.4) is 0 Å². The van der Waals surface area contributed by atoms with E-state index in [1.165, 1.54) is 14.5 Å². The number of carbonyl (C=O) groups is 1. The Labute approximate surface area is 150 Å². The van der Waals surface area contributed by atoms with Crippen molar-refractivity contribution < 1.29 is 9.53 Å². The van der Waals surface area contributed by atoms with Gasteiger partial charge in [-0.25, -0.2) is 0 Å². The molecule has 0 radical (unpaired) electrons. The fourth-order valence-corrected chi connectivity index (χ4v) is 6.19. The van der Waals surface area contributed by atoms with Crippen LogP contribution in [-0.2, 0) is 9.53 Å². The van der Waals surface area contributed by atoms with Gasteiger partial charge in [-0.05, 0) is 0 Å². The van der Waals surface area contributed by atoms with E-state index in [0.29, 0.717) is 6.61 Å². The average Bonchev–Trinajstić information content (AvgIpc) is 2.56. The van der Waals surface area contributed by atoms with Gasteiger partial charge in [0.25, 0.3) is 0 Å². The number of rotatable bonds is 6. The summed E-state index contributed by atoms with van der Waals surface area (Å²) in [6, 6.07) is 18.7. The zero-order valence-electron chi connectivity index (χ0n) is 13.5. The third-order valence-corrected chi connectivity index (χ3v) is 8.31. The fourth-order valence-electron chi connectivity index (χ4n) is 1.89. The topological polar surface area (TPSA) is 26.3 Å². The molecule has 0 bridgehead atoms. The summed E-state index contributed by atoms with van der Waals surface area (Å²) in [6.07, 6.45) is 0. The van der Waals surface area contributed by atoms with Gasteiger partial charge in [-0.1, -0.05) is 0 Å². The van der Waals surface area contributed by atoms with Gasteiger partial charge in [0, 0.05) is 0 Å². The number of hydrogen-bond acceptors (Lipinski definition) is 2. The van der Waals surface area contributed by atoms with E-state index < -0.39 is 0 Å². The Hall–Kier alpha value is -1.31. The van der Waals surface area contributed by atoms with Crippen LogP contribution in [0, 0.1) is 6.92 Å². The first-order valence-electron chi connectivity index (χ1n) is 7.45. The molecule has 0 atom stereocenters. The van der Waals surface area contributed by atoms with Gasteiger partial charge >= 0.3 is 151 Å². The first-order valence-corrected chi connectivity index (χ1v) is 10.9. The van der Waals surface area contributed by atoms with Gasteiger partial charge in [-0.2, -0.15) is 0 Å². The van der Waals surface area contributed by atoms with E-state index in [4.69, 9.17) is 4.74 Å². The summed E-state index contributed by atoms with van der Waals surface area (Å²) >= 11 is 0.121. The Morgan fingerprint density at radius 1 is 0.957 bits per heavy atom. The molecule has 0 N–H and O–H groups in total. The zero-order chi connectivity index (χ0) is 16.7. The van der Waals surface area contributed by atoms with Gasteiger partial charge in [-0.15, -0.1) is 0 Å². The molecule has 0 spiro atoms. The Morgan fingerprint density at radius 3 is 2.17 bits per heavy atom. The summed E-state index contributed by atoms with van der Waals surface area (Å²) in [5, 5.41) is 0. The van der Waals surface area contributed by atoms with Gasteiger partial charge in [0.2, 0.25) is 0 Å². The summed E-state index contributed by atoms with van der Waals surface area (Å²) in [4.78, 5) is 12.4. The quantitative estimate of drug-likeness (QED) is 0.393. The molecule has 0 saturated heterocycles. The van der Waals surface area contributed by atoms with Gasteiger partial charge in [0.15, 0.2) is 0 Å². The predicted molar refractivity (Wildman–Crippen MR) is 97.7 cm³/mol. The first kappa shape index (κ1) is 18.0. The Bertz CT molecular complexity index is 676. The zero-order valence-corrected chi connectivity index (χ0v) is 17.0. The molecule has 2 aromatic carbocycles. The summed E-state index contributed by atoms with van der Waals surface area (Å²) in [6.45, 7) is 6.42. The van der Waals surface area contributed by atoms with Crippen LogP contribution in [0.25, 0.3) is 0 Å². The normalized spacial score (nSPS) is 11.8. The SMILES string of the molecule is CCOC(=O)/C([Se]c1ccccc1)=C(/C)[Se]c1ccc(C)cc1.